The molecule has 0 spiro atoms. The van der Waals surface area contributed by atoms with Gasteiger partial charge in [0.25, 0.3) is 0 Å². The lowest BCUT2D eigenvalue weighted by molar-refractivity contribution is -0.145. The summed E-state index contributed by atoms with van der Waals surface area (Å²) in [6.45, 7) is 7.94. The molecule has 3 aromatic rings. The first-order valence-corrected chi connectivity index (χ1v) is 9.39. The molecule has 5 heteroatoms. The number of carbonyl (C=O) groups is 1. The van der Waals surface area contributed by atoms with Crippen LogP contribution in [0.4, 0.5) is 4.39 Å². The van der Waals surface area contributed by atoms with E-state index >= 15 is 0 Å². The predicted molar refractivity (Wildman–Crippen MR) is 108 cm³/mol. The van der Waals surface area contributed by atoms with Crippen molar-refractivity contribution in [2.45, 2.75) is 33.6 Å². The Morgan fingerprint density at radius 3 is 2.46 bits per heavy atom. The van der Waals surface area contributed by atoms with Gasteiger partial charge < -0.3 is 9.47 Å². The number of hydrogen-bond acceptors (Lipinski definition) is 4. The summed E-state index contributed by atoms with van der Waals surface area (Å²) in [4.78, 5) is 16.5. The summed E-state index contributed by atoms with van der Waals surface area (Å²) < 4.78 is 24.1. The Balaban J connectivity index is 2.20. The molecule has 1 aromatic heterocycles. The van der Waals surface area contributed by atoms with Gasteiger partial charge in [0.1, 0.15) is 5.82 Å². The van der Waals surface area contributed by atoms with Crippen molar-refractivity contribution in [3.63, 3.8) is 0 Å². The third-order valence-corrected chi connectivity index (χ3v) is 4.46. The van der Waals surface area contributed by atoms with Crippen LogP contribution in [0.15, 0.2) is 42.5 Å². The van der Waals surface area contributed by atoms with Gasteiger partial charge in [-0.25, -0.2) is 14.2 Å². The maximum absolute atomic E-state index is 13.5. The summed E-state index contributed by atoms with van der Waals surface area (Å²) in [7, 11) is 0. The summed E-state index contributed by atoms with van der Waals surface area (Å²) in [5, 5.41) is 1.77. The van der Waals surface area contributed by atoms with Crippen molar-refractivity contribution in [3.8, 4) is 17.0 Å². The minimum atomic E-state index is -0.432. The molecule has 0 aliphatic carbocycles. The molecule has 4 nitrogen and oxygen atoms in total. The summed E-state index contributed by atoms with van der Waals surface area (Å²) in [6.07, 6.45) is 0. The third-order valence-electron chi connectivity index (χ3n) is 4.46. The summed E-state index contributed by atoms with van der Waals surface area (Å²) in [5.74, 6) is -0.201. The highest BCUT2D eigenvalue weighted by atomic mass is 19.1. The van der Waals surface area contributed by atoms with Crippen LogP contribution in [0.25, 0.3) is 21.9 Å². The van der Waals surface area contributed by atoms with E-state index in [0.717, 1.165) is 33.2 Å². The fourth-order valence-corrected chi connectivity index (χ4v) is 3.19. The molecule has 0 unspecified atom stereocenters. The van der Waals surface area contributed by atoms with Gasteiger partial charge in [-0.1, -0.05) is 43.7 Å². The second-order valence-electron chi connectivity index (χ2n) is 6.98. The predicted octanol–water partition coefficient (Wildman–Crippen LogP) is 5.41. The summed E-state index contributed by atoms with van der Waals surface area (Å²) in [6, 6.07) is 12.4. The molecule has 0 amide bonds. The monoisotopic (exact) mass is 381 g/mol. The molecule has 2 aromatic carbocycles. The van der Waals surface area contributed by atoms with Crippen molar-refractivity contribution in [3.05, 3.63) is 59.5 Å². The van der Waals surface area contributed by atoms with Crippen LogP contribution in [0.2, 0.25) is 0 Å². The highest BCUT2D eigenvalue weighted by Crippen LogP contribution is 2.39. The van der Waals surface area contributed by atoms with E-state index in [1.165, 1.54) is 12.1 Å². The topological polar surface area (TPSA) is 48.4 Å². The second-order valence-corrected chi connectivity index (χ2v) is 6.98. The number of hydrogen-bond donors (Lipinski definition) is 0. The molecule has 0 aliphatic heterocycles. The number of carbonyl (C=O) groups excluding carboxylic acids is 1. The molecular weight excluding hydrogens is 357 g/mol. The van der Waals surface area contributed by atoms with Crippen molar-refractivity contribution in [1.29, 1.82) is 0 Å². The first kappa shape index (κ1) is 19.8. The molecule has 1 heterocycles. The minimum Gasteiger partial charge on any atom is -0.465 e. The van der Waals surface area contributed by atoms with E-state index in [-0.39, 0.29) is 18.3 Å². The van der Waals surface area contributed by atoms with Gasteiger partial charge in [-0.05, 0) is 48.9 Å². The summed E-state index contributed by atoms with van der Waals surface area (Å²) in [5.41, 5.74) is 3.73. The quantitative estimate of drug-likeness (QED) is 0.535. The molecule has 3 rings (SSSR count). The molecule has 0 atom stereocenters. The number of halogens is 1. The Kier molecular flexibility index (Phi) is 5.93. The maximum atomic E-state index is 13.5. The molecule has 0 aliphatic rings. The van der Waals surface area contributed by atoms with Gasteiger partial charge in [0, 0.05) is 10.9 Å². The van der Waals surface area contributed by atoms with Crippen LogP contribution in [0, 0.1) is 12.7 Å². The van der Waals surface area contributed by atoms with E-state index in [9.17, 15) is 9.18 Å². The van der Waals surface area contributed by atoms with Crippen molar-refractivity contribution in [1.82, 2.24) is 4.98 Å². The number of fused-ring (bicyclic) bond motifs is 1. The number of aromatic nitrogens is 1. The van der Waals surface area contributed by atoms with Gasteiger partial charge in [-0.15, -0.1) is 0 Å². The van der Waals surface area contributed by atoms with E-state index in [4.69, 9.17) is 14.5 Å². The Morgan fingerprint density at radius 1 is 1.11 bits per heavy atom. The first-order valence-electron chi connectivity index (χ1n) is 9.39. The maximum Gasteiger partial charge on any atom is 0.344 e. The van der Waals surface area contributed by atoms with Crippen molar-refractivity contribution in [2.75, 3.05) is 13.2 Å². The van der Waals surface area contributed by atoms with Gasteiger partial charge in [0.2, 0.25) is 5.88 Å². The van der Waals surface area contributed by atoms with Crippen molar-refractivity contribution >= 4 is 16.7 Å². The van der Waals surface area contributed by atoms with Crippen LogP contribution in [-0.4, -0.2) is 24.2 Å². The van der Waals surface area contributed by atoms with E-state index in [1.807, 2.05) is 39.0 Å². The number of benzene rings is 2. The smallest absolute Gasteiger partial charge is 0.344 e. The molecular formula is C23H24FNO3. The molecule has 0 radical (unpaired) electrons. The Labute approximate surface area is 164 Å². The van der Waals surface area contributed by atoms with Crippen LogP contribution < -0.4 is 4.74 Å². The number of rotatable bonds is 6. The number of nitrogens with zero attached hydrogens (tertiary/aromatic N) is 1. The number of pyridine rings is 1. The highest BCUT2D eigenvalue weighted by Gasteiger charge is 2.19. The Morgan fingerprint density at radius 2 is 1.82 bits per heavy atom. The van der Waals surface area contributed by atoms with Crippen LogP contribution in [0.5, 0.6) is 5.88 Å². The fraction of sp³-hybridized carbons (Fsp3) is 0.304. The average Bonchev–Trinajstić information content (AvgIpc) is 2.66. The largest absolute Gasteiger partial charge is 0.465 e. The van der Waals surface area contributed by atoms with Gasteiger partial charge in [-0.3, -0.25) is 0 Å². The standard InChI is InChI=1S/C23H24FNO3/c1-5-27-20(26)13-28-23-19-12-15(4)6-11-18(19)21(22(25-23)14(2)3)16-7-9-17(24)10-8-16/h6-12,14H,5,13H2,1-4H3. The zero-order valence-corrected chi connectivity index (χ0v) is 16.6. The van der Waals surface area contributed by atoms with Crippen molar-refractivity contribution < 1.29 is 18.7 Å². The lowest BCUT2D eigenvalue weighted by Gasteiger charge is -2.18. The second kappa shape index (κ2) is 8.38. The van der Waals surface area contributed by atoms with Crippen LogP contribution in [-0.2, 0) is 9.53 Å². The molecule has 0 N–H and O–H groups in total. The van der Waals surface area contributed by atoms with Crippen molar-refractivity contribution in [2.24, 2.45) is 0 Å². The van der Waals surface area contributed by atoms with Gasteiger partial charge in [0.15, 0.2) is 6.61 Å². The lowest BCUT2D eigenvalue weighted by atomic mass is 9.92. The zero-order valence-electron chi connectivity index (χ0n) is 16.6. The van der Waals surface area contributed by atoms with Gasteiger partial charge in [-0.2, -0.15) is 0 Å². The zero-order chi connectivity index (χ0) is 20.3. The van der Waals surface area contributed by atoms with E-state index < -0.39 is 5.97 Å². The van der Waals surface area contributed by atoms with E-state index in [1.54, 1.807) is 19.1 Å². The van der Waals surface area contributed by atoms with E-state index in [2.05, 4.69) is 0 Å². The third kappa shape index (κ3) is 4.14. The molecule has 28 heavy (non-hydrogen) atoms. The average molecular weight is 381 g/mol. The van der Waals surface area contributed by atoms with E-state index in [0.29, 0.717) is 12.5 Å². The number of esters is 1. The molecule has 146 valence electrons. The van der Waals surface area contributed by atoms with Crippen LogP contribution >= 0.6 is 0 Å². The first-order chi connectivity index (χ1) is 13.4. The molecule has 0 saturated carbocycles. The number of ether oxygens (including phenoxy) is 2. The fourth-order valence-electron chi connectivity index (χ4n) is 3.19. The van der Waals surface area contributed by atoms with Gasteiger partial charge in [0.05, 0.1) is 12.3 Å². The van der Waals surface area contributed by atoms with Crippen LogP contribution in [0.3, 0.4) is 0 Å². The molecule has 0 fully saturated rings. The highest BCUT2D eigenvalue weighted by molar-refractivity contribution is 6.00. The lowest BCUT2D eigenvalue weighted by Crippen LogP contribution is -2.16. The summed E-state index contributed by atoms with van der Waals surface area (Å²) >= 11 is 0. The van der Waals surface area contributed by atoms with Crippen LogP contribution in [0.1, 0.15) is 37.9 Å². The Hall–Kier alpha value is -2.95. The van der Waals surface area contributed by atoms with Gasteiger partial charge >= 0.3 is 5.97 Å². The number of aryl methyl sites for hydroxylation is 1. The SMILES string of the molecule is CCOC(=O)COc1nc(C(C)C)c(-c2ccc(F)cc2)c2ccc(C)cc12. The minimum absolute atomic E-state index is 0.107. The Bertz CT molecular complexity index is 997. The molecule has 0 bridgehead atoms. The molecule has 0 saturated heterocycles. The normalized spacial score (nSPS) is 11.1.